The Kier molecular flexibility index (Phi) is 3.50. The monoisotopic (exact) mass is 270 g/mol. The third kappa shape index (κ3) is 3.07. The van der Waals surface area contributed by atoms with E-state index in [1.54, 1.807) is 6.92 Å². The summed E-state index contributed by atoms with van der Waals surface area (Å²) in [6.45, 7) is 4.08. The fourth-order valence-corrected chi connectivity index (χ4v) is 1.72. The van der Waals surface area contributed by atoms with Gasteiger partial charge in [-0.1, -0.05) is 5.16 Å². The van der Waals surface area contributed by atoms with Gasteiger partial charge in [-0.3, -0.25) is 0 Å². The van der Waals surface area contributed by atoms with Gasteiger partial charge in [0.05, 0.1) is 11.3 Å². The Bertz CT molecular complexity index is 539. The second-order valence-corrected chi connectivity index (χ2v) is 4.23. The Hall–Kier alpha value is -1.98. The van der Waals surface area contributed by atoms with Crippen molar-refractivity contribution in [3.8, 4) is 0 Å². The highest BCUT2D eigenvalue weighted by Crippen LogP contribution is 2.29. The number of hydrogen-bond acceptors (Lipinski definition) is 3. The number of anilines is 1. The molecule has 6 heteroatoms. The number of benzene rings is 1. The fourth-order valence-electron chi connectivity index (χ4n) is 1.72. The molecule has 0 aliphatic heterocycles. The molecule has 0 atom stereocenters. The standard InChI is InChI=1S/C13H13F3N2O/c1-8-12(9(2)19-18-8)7-17-11-5-3-10(4-6-11)13(14,15)16/h3-6,17H,7H2,1-2H3. The molecule has 0 saturated heterocycles. The smallest absolute Gasteiger partial charge is 0.381 e. The van der Waals surface area contributed by atoms with E-state index in [0.29, 0.717) is 18.0 Å². The van der Waals surface area contributed by atoms with Crippen LogP contribution in [-0.2, 0) is 12.7 Å². The summed E-state index contributed by atoms with van der Waals surface area (Å²) in [5.74, 6) is 0.705. The number of alkyl halides is 3. The van der Waals surface area contributed by atoms with Crippen LogP contribution in [0.2, 0.25) is 0 Å². The van der Waals surface area contributed by atoms with Crippen LogP contribution in [0.1, 0.15) is 22.6 Å². The lowest BCUT2D eigenvalue weighted by molar-refractivity contribution is -0.137. The first-order chi connectivity index (χ1) is 8.88. The van der Waals surface area contributed by atoms with Gasteiger partial charge in [0.2, 0.25) is 0 Å². The van der Waals surface area contributed by atoms with E-state index in [4.69, 9.17) is 4.52 Å². The zero-order chi connectivity index (χ0) is 14.0. The van der Waals surface area contributed by atoms with Gasteiger partial charge in [0, 0.05) is 17.8 Å². The summed E-state index contributed by atoms with van der Waals surface area (Å²) in [4.78, 5) is 0. The van der Waals surface area contributed by atoms with Gasteiger partial charge in [0.15, 0.2) is 0 Å². The van der Waals surface area contributed by atoms with Gasteiger partial charge in [0.25, 0.3) is 0 Å². The minimum atomic E-state index is -4.31. The van der Waals surface area contributed by atoms with Crippen molar-refractivity contribution in [2.45, 2.75) is 26.6 Å². The third-order valence-electron chi connectivity index (χ3n) is 2.86. The van der Waals surface area contributed by atoms with Crippen molar-refractivity contribution >= 4 is 5.69 Å². The Morgan fingerprint density at radius 2 is 1.79 bits per heavy atom. The van der Waals surface area contributed by atoms with Crippen LogP contribution in [0.3, 0.4) is 0 Å². The molecule has 1 heterocycles. The number of hydrogen-bond donors (Lipinski definition) is 1. The van der Waals surface area contributed by atoms with Crippen molar-refractivity contribution in [1.29, 1.82) is 0 Å². The number of nitrogens with zero attached hydrogens (tertiary/aromatic N) is 1. The second-order valence-electron chi connectivity index (χ2n) is 4.23. The highest BCUT2D eigenvalue weighted by atomic mass is 19.4. The summed E-state index contributed by atoms with van der Waals surface area (Å²) < 4.78 is 42.2. The fraction of sp³-hybridized carbons (Fsp3) is 0.308. The van der Waals surface area contributed by atoms with Crippen LogP contribution in [0.4, 0.5) is 18.9 Å². The van der Waals surface area contributed by atoms with Crippen LogP contribution >= 0.6 is 0 Å². The predicted molar refractivity (Wildman–Crippen MR) is 64.7 cm³/mol. The summed E-state index contributed by atoms with van der Waals surface area (Å²) in [6.07, 6.45) is -4.31. The van der Waals surface area contributed by atoms with E-state index in [1.165, 1.54) is 12.1 Å². The molecule has 0 amide bonds. The summed E-state index contributed by atoms with van der Waals surface area (Å²) in [7, 11) is 0. The Morgan fingerprint density at radius 1 is 1.16 bits per heavy atom. The SMILES string of the molecule is Cc1noc(C)c1CNc1ccc(C(F)(F)F)cc1. The zero-order valence-corrected chi connectivity index (χ0v) is 10.5. The van der Waals surface area contributed by atoms with Gasteiger partial charge < -0.3 is 9.84 Å². The Balaban J connectivity index is 2.05. The van der Waals surface area contributed by atoms with Gasteiger partial charge in [-0.25, -0.2) is 0 Å². The van der Waals surface area contributed by atoms with Crippen molar-refractivity contribution in [2.24, 2.45) is 0 Å². The van der Waals surface area contributed by atoms with Crippen molar-refractivity contribution in [3.63, 3.8) is 0 Å². The number of halogens is 3. The van der Waals surface area contributed by atoms with Crippen LogP contribution in [-0.4, -0.2) is 5.16 Å². The molecule has 0 radical (unpaired) electrons. The first kappa shape index (κ1) is 13.5. The molecule has 1 N–H and O–H groups in total. The minimum absolute atomic E-state index is 0.465. The normalized spacial score (nSPS) is 11.6. The molecule has 2 aromatic rings. The van der Waals surface area contributed by atoms with E-state index in [2.05, 4.69) is 10.5 Å². The Labute approximate surface area is 108 Å². The summed E-state index contributed by atoms with van der Waals surface area (Å²) in [6, 6.07) is 4.91. The topological polar surface area (TPSA) is 38.1 Å². The molecule has 0 spiro atoms. The lowest BCUT2D eigenvalue weighted by Gasteiger charge is -2.09. The molecule has 1 aromatic heterocycles. The molecule has 0 aliphatic carbocycles. The highest BCUT2D eigenvalue weighted by Gasteiger charge is 2.29. The van der Waals surface area contributed by atoms with Crippen molar-refractivity contribution in [1.82, 2.24) is 5.16 Å². The largest absolute Gasteiger partial charge is 0.416 e. The molecule has 102 valence electrons. The van der Waals surface area contributed by atoms with Gasteiger partial charge in [-0.15, -0.1) is 0 Å². The third-order valence-corrected chi connectivity index (χ3v) is 2.86. The maximum absolute atomic E-state index is 12.4. The van der Waals surface area contributed by atoms with Gasteiger partial charge in [-0.2, -0.15) is 13.2 Å². The molecule has 0 saturated carbocycles. The lowest BCUT2D eigenvalue weighted by atomic mass is 10.1. The molecular weight excluding hydrogens is 257 g/mol. The summed E-state index contributed by atoms with van der Waals surface area (Å²) >= 11 is 0. The molecule has 0 fully saturated rings. The maximum atomic E-state index is 12.4. The van der Waals surface area contributed by atoms with Crippen LogP contribution in [0.25, 0.3) is 0 Å². The first-order valence-electron chi connectivity index (χ1n) is 5.71. The minimum Gasteiger partial charge on any atom is -0.381 e. The van der Waals surface area contributed by atoms with E-state index in [0.717, 1.165) is 23.4 Å². The molecule has 19 heavy (non-hydrogen) atoms. The second kappa shape index (κ2) is 4.95. The number of rotatable bonds is 3. The van der Waals surface area contributed by atoms with Gasteiger partial charge >= 0.3 is 6.18 Å². The van der Waals surface area contributed by atoms with Gasteiger partial charge in [-0.05, 0) is 38.1 Å². The average molecular weight is 270 g/mol. The van der Waals surface area contributed by atoms with Crippen LogP contribution < -0.4 is 5.32 Å². The molecule has 1 aromatic carbocycles. The molecular formula is C13H13F3N2O. The van der Waals surface area contributed by atoms with E-state index >= 15 is 0 Å². The highest BCUT2D eigenvalue weighted by molar-refractivity contribution is 5.46. The average Bonchev–Trinajstić information content (AvgIpc) is 2.66. The van der Waals surface area contributed by atoms with Crippen LogP contribution in [0.15, 0.2) is 28.8 Å². The molecule has 2 rings (SSSR count). The van der Waals surface area contributed by atoms with Gasteiger partial charge in [0.1, 0.15) is 5.76 Å². The van der Waals surface area contributed by atoms with Crippen LogP contribution in [0, 0.1) is 13.8 Å². The molecule has 0 unspecified atom stereocenters. The molecule has 0 bridgehead atoms. The lowest BCUT2D eigenvalue weighted by Crippen LogP contribution is -2.05. The number of nitrogens with one attached hydrogen (secondary N) is 1. The number of aromatic nitrogens is 1. The van der Waals surface area contributed by atoms with E-state index in [9.17, 15) is 13.2 Å². The zero-order valence-electron chi connectivity index (χ0n) is 10.5. The van der Waals surface area contributed by atoms with E-state index < -0.39 is 11.7 Å². The van der Waals surface area contributed by atoms with E-state index in [1.807, 2.05) is 6.92 Å². The summed E-state index contributed by atoms with van der Waals surface area (Å²) in [5, 5.41) is 6.85. The van der Waals surface area contributed by atoms with Crippen LogP contribution in [0.5, 0.6) is 0 Å². The van der Waals surface area contributed by atoms with Crippen molar-refractivity contribution in [3.05, 3.63) is 46.8 Å². The van der Waals surface area contributed by atoms with E-state index in [-0.39, 0.29) is 0 Å². The van der Waals surface area contributed by atoms with Crippen molar-refractivity contribution < 1.29 is 17.7 Å². The van der Waals surface area contributed by atoms with Crippen molar-refractivity contribution in [2.75, 3.05) is 5.32 Å². The Morgan fingerprint density at radius 3 is 2.26 bits per heavy atom. The quantitative estimate of drug-likeness (QED) is 0.918. The molecule has 0 aliphatic rings. The summed E-state index contributed by atoms with van der Waals surface area (Å²) in [5.41, 5.74) is 1.65. The maximum Gasteiger partial charge on any atom is 0.416 e. The first-order valence-corrected chi connectivity index (χ1v) is 5.71. The number of aryl methyl sites for hydroxylation is 2. The molecule has 3 nitrogen and oxygen atoms in total. The predicted octanol–water partition coefficient (Wildman–Crippen LogP) is 3.92.